The minimum atomic E-state index is -1.07. The van der Waals surface area contributed by atoms with Gasteiger partial charge in [0.1, 0.15) is 0 Å². The number of carboxylic acids is 1. The van der Waals surface area contributed by atoms with Gasteiger partial charge in [0, 0.05) is 10.6 Å². The molecule has 0 aliphatic heterocycles. The number of rotatable bonds is 7. The van der Waals surface area contributed by atoms with Gasteiger partial charge in [0.25, 0.3) is 0 Å². The fourth-order valence-electron chi connectivity index (χ4n) is 1.93. The Bertz CT molecular complexity index is 765. The predicted molar refractivity (Wildman–Crippen MR) is 90.9 cm³/mol. The van der Waals surface area contributed by atoms with Crippen molar-refractivity contribution in [3.63, 3.8) is 0 Å². The van der Waals surface area contributed by atoms with E-state index in [-0.39, 0.29) is 5.78 Å². The first-order chi connectivity index (χ1) is 11.5. The average Bonchev–Trinajstić information content (AvgIpc) is 2.58. The van der Waals surface area contributed by atoms with Crippen LogP contribution < -0.4 is 9.47 Å². The minimum Gasteiger partial charge on any atom is -0.493 e. The van der Waals surface area contributed by atoms with Crippen molar-refractivity contribution in [1.82, 2.24) is 0 Å². The molecule has 1 N–H and O–H groups in total. The molecule has 0 fully saturated rings. The Labute approximate surface area is 144 Å². The van der Waals surface area contributed by atoms with E-state index in [2.05, 4.69) is 0 Å². The molecule has 0 unspecified atom stereocenters. The summed E-state index contributed by atoms with van der Waals surface area (Å²) < 4.78 is 10.3. The zero-order valence-corrected chi connectivity index (χ0v) is 13.6. The summed E-state index contributed by atoms with van der Waals surface area (Å²) in [5.74, 6) is -0.523. The number of aliphatic carboxylic acids is 1. The number of ether oxygens (including phenoxy) is 2. The number of hydrogen-bond donors (Lipinski definition) is 1. The molecule has 0 spiro atoms. The highest BCUT2D eigenvalue weighted by molar-refractivity contribution is 6.30. The summed E-state index contributed by atoms with van der Waals surface area (Å²) in [4.78, 5) is 22.6. The normalized spacial score (nSPS) is 10.6. The summed E-state index contributed by atoms with van der Waals surface area (Å²) in [7, 11) is 1.45. The molecule has 0 amide bonds. The standard InChI is InChI=1S/C18H15ClO5/c1-23-17-10-12(3-9-16(17)24-11-18(21)22)2-8-15(20)13-4-6-14(19)7-5-13/h2-10H,11H2,1H3,(H,21,22)/b8-2+. The van der Waals surface area contributed by atoms with Gasteiger partial charge < -0.3 is 14.6 Å². The lowest BCUT2D eigenvalue weighted by Gasteiger charge is -2.09. The molecule has 0 aliphatic rings. The molecule has 24 heavy (non-hydrogen) atoms. The Morgan fingerprint density at radius 1 is 1.12 bits per heavy atom. The predicted octanol–water partition coefficient (Wildman–Crippen LogP) is 3.71. The number of carbonyl (C=O) groups excluding carboxylic acids is 1. The Hall–Kier alpha value is -2.79. The van der Waals surface area contributed by atoms with E-state index in [4.69, 9.17) is 26.2 Å². The van der Waals surface area contributed by atoms with Crippen molar-refractivity contribution in [2.75, 3.05) is 13.7 Å². The fraction of sp³-hybridized carbons (Fsp3) is 0.111. The first-order valence-electron chi connectivity index (χ1n) is 7.00. The van der Waals surface area contributed by atoms with Gasteiger partial charge in [-0.05, 0) is 48.0 Å². The maximum Gasteiger partial charge on any atom is 0.341 e. The van der Waals surface area contributed by atoms with Crippen molar-refractivity contribution in [3.8, 4) is 11.5 Å². The summed E-state index contributed by atoms with van der Waals surface area (Å²) in [5.41, 5.74) is 1.25. The number of ketones is 1. The molecule has 2 rings (SSSR count). The summed E-state index contributed by atoms with van der Waals surface area (Å²) in [6, 6.07) is 11.6. The Kier molecular flexibility index (Phi) is 5.98. The molecule has 5 nitrogen and oxygen atoms in total. The molecule has 6 heteroatoms. The molecule has 0 atom stereocenters. The van der Waals surface area contributed by atoms with Crippen LogP contribution in [-0.4, -0.2) is 30.6 Å². The quantitative estimate of drug-likeness (QED) is 0.611. The largest absolute Gasteiger partial charge is 0.493 e. The van der Waals surface area contributed by atoms with Gasteiger partial charge in [-0.1, -0.05) is 23.7 Å². The highest BCUT2D eigenvalue weighted by Gasteiger charge is 2.07. The zero-order valence-electron chi connectivity index (χ0n) is 12.9. The van der Waals surface area contributed by atoms with E-state index in [1.165, 1.54) is 13.2 Å². The van der Waals surface area contributed by atoms with Crippen LogP contribution in [0.5, 0.6) is 11.5 Å². The molecule has 0 heterocycles. The maximum absolute atomic E-state index is 12.1. The number of hydrogen-bond acceptors (Lipinski definition) is 4. The van der Waals surface area contributed by atoms with Gasteiger partial charge in [-0.15, -0.1) is 0 Å². The fourth-order valence-corrected chi connectivity index (χ4v) is 2.05. The van der Waals surface area contributed by atoms with Crippen molar-refractivity contribution in [1.29, 1.82) is 0 Å². The Balaban J connectivity index is 2.12. The van der Waals surface area contributed by atoms with Crippen LogP contribution >= 0.6 is 11.6 Å². The second kappa shape index (κ2) is 8.17. The van der Waals surface area contributed by atoms with E-state index < -0.39 is 12.6 Å². The first-order valence-corrected chi connectivity index (χ1v) is 7.38. The van der Waals surface area contributed by atoms with Crippen LogP contribution in [0.25, 0.3) is 6.08 Å². The van der Waals surface area contributed by atoms with Gasteiger partial charge >= 0.3 is 5.97 Å². The van der Waals surface area contributed by atoms with Gasteiger partial charge in [0.05, 0.1) is 7.11 Å². The molecule has 0 aliphatic carbocycles. The van der Waals surface area contributed by atoms with E-state index in [0.29, 0.717) is 22.1 Å². The van der Waals surface area contributed by atoms with E-state index in [1.807, 2.05) is 0 Å². The molecular weight excluding hydrogens is 332 g/mol. The molecule has 124 valence electrons. The zero-order chi connectivity index (χ0) is 17.5. The average molecular weight is 347 g/mol. The lowest BCUT2D eigenvalue weighted by Crippen LogP contribution is -2.10. The van der Waals surface area contributed by atoms with E-state index >= 15 is 0 Å². The summed E-state index contributed by atoms with van der Waals surface area (Å²) in [6.45, 7) is -0.458. The molecule has 2 aromatic carbocycles. The molecule has 0 aromatic heterocycles. The molecule has 0 saturated carbocycles. The third-order valence-electron chi connectivity index (χ3n) is 3.09. The smallest absolute Gasteiger partial charge is 0.341 e. The second-order valence-electron chi connectivity index (χ2n) is 4.80. The monoisotopic (exact) mass is 346 g/mol. The van der Waals surface area contributed by atoms with Crippen molar-refractivity contribution >= 4 is 29.4 Å². The van der Waals surface area contributed by atoms with Crippen molar-refractivity contribution in [2.24, 2.45) is 0 Å². The minimum absolute atomic E-state index is 0.156. The van der Waals surface area contributed by atoms with E-state index in [9.17, 15) is 9.59 Å². The lowest BCUT2D eigenvalue weighted by atomic mass is 10.1. The first kappa shape index (κ1) is 17.6. The van der Waals surface area contributed by atoms with Crippen LogP contribution in [0.15, 0.2) is 48.5 Å². The summed E-state index contributed by atoms with van der Waals surface area (Å²) >= 11 is 5.79. The van der Waals surface area contributed by atoms with Crippen LogP contribution in [0, 0.1) is 0 Å². The second-order valence-corrected chi connectivity index (χ2v) is 5.23. The molecular formula is C18H15ClO5. The lowest BCUT2D eigenvalue weighted by molar-refractivity contribution is -0.139. The number of halogens is 1. The van der Waals surface area contributed by atoms with Crippen LogP contribution in [-0.2, 0) is 4.79 Å². The Morgan fingerprint density at radius 2 is 1.83 bits per heavy atom. The van der Waals surface area contributed by atoms with Crippen molar-refractivity contribution in [3.05, 3.63) is 64.7 Å². The van der Waals surface area contributed by atoms with Crippen molar-refractivity contribution in [2.45, 2.75) is 0 Å². The number of allylic oxidation sites excluding steroid dienone is 1. The van der Waals surface area contributed by atoms with E-state index in [0.717, 1.165) is 5.56 Å². The summed E-state index contributed by atoms with van der Waals surface area (Å²) in [6.07, 6.45) is 3.08. The highest BCUT2D eigenvalue weighted by Crippen LogP contribution is 2.28. The molecule has 2 aromatic rings. The molecule has 0 bridgehead atoms. The number of benzene rings is 2. The maximum atomic E-state index is 12.1. The van der Waals surface area contributed by atoms with Gasteiger partial charge in [-0.2, -0.15) is 0 Å². The highest BCUT2D eigenvalue weighted by atomic mass is 35.5. The van der Waals surface area contributed by atoms with Gasteiger partial charge in [0.15, 0.2) is 23.9 Å². The number of carbonyl (C=O) groups is 2. The van der Waals surface area contributed by atoms with Gasteiger partial charge in [-0.25, -0.2) is 4.79 Å². The van der Waals surface area contributed by atoms with Crippen LogP contribution in [0.2, 0.25) is 5.02 Å². The topological polar surface area (TPSA) is 72.8 Å². The van der Waals surface area contributed by atoms with Crippen LogP contribution in [0.3, 0.4) is 0 Å². The van der Waals surface area contributed by atoms with Crippen molar-refractivity contribution < 1.29 is 24.2 Å². The Morgan fingerprint density at radius 3 is 2.46 bits per heavy atom. The molecule has 0 saturated heterocycles. The van der Waals surface area contributed by atoms with Gasteiger partial charge in [0.2, 0.25) is 0 Å². The molecule has 0 radical (unpaired) electrons. The van der Waals surface area contributed by atoms with Crippen LogP contribution in [0.1, 0.15) is 15.9 Å². The SMILES string of the molecule is COc1cc(/C=C/C(=O)c2ccc(Cl)cc2)ccc1OCC(=O)O. The third kappa shape index (κ3) is 4.86. The third-order valence-corrected chi connectivity index (χ3v) is 3.35. The van der Waals surface area contributed by atoms with Crippen LogP contribution in [0.4, 0.5) is 0 Å². The number of methoxy groups -OCH3 is 1. The van der Waals surface area contributed by atoms with E-state index in [1.54, 1.807) is 48.5 Å². The summed E-state index contributed by atoms with van der Waals surface area (Å²) in [5, 5.41) is 9.21. The van der Waals surface area contributed by atoms with Gasteiger partial charge in [-0.3, -0.25) is 4.79 Å². The number of carboxylic acid groups (broad SMARTS) is 1.